The Morgan fingerprint density at radius 3 is 1.64 bits per heavy atom. The van der Waals surface area contributed by atoms with Crippen LogP contribution in [0.1, 0.15) is 31.8 Å². The second-order valence-electron chi connectivity index (χ2n) is 9.04. The van der Waals surface area contributed by atoms with Gasteiger partial charge in [0.25, 0.3) is 5.91 Å². The van der Waals surface area contributed by atoms with E-state index in [2.05, 4.69) is 10.1 Å². The van der Waals surface area contributed by atoms with Gasteiger partial charge in [0.1, 0.15) is 22.5 Å². The second kappa shape index (κ2) is 12.4. The van der Waals surface area contributed by atoms with Gasteiger partial charge in [-0.25, -0.2) is 4.79 Å². The van der Waals surface area contributed by atoms with Crippen molar-refractivity contribution >= 4 is 29.2 Å². The second-order valence-corrected chi connectivity index (χ2v) is 9.04. The summed E-state index contributed by atoms with van der Waals surface area (Å²) in [4.78, 5) is 63.4. The highest BCUT2D eigenvalue weighted by Crippen LogP contribution is 2.18. The molecule has 2 aromatic carbocycles. The SMILES string of the molecule is COC(=O)c1cn(Cc2ccccc2)cc(NC(=O)c2cn(Cc3ccccc3)cc(NC(=O)C(F)(F)F)c2=O)c1=O. The Kier molecular flexibility index (Phi) is 8.70. The summed E-state index contributed by atoms with van der Waals surface area (Å²) in [6.07, 6.45) is -0.747. The molecule has 2 N–H and O–H groups in total. The predicted octanol–water partition coefficient (Wildman–Crippen LogP) is 3.65. The number of halogens is 3. The number of anilines is 2. The monoisotopic (exact) mass is 580 g/mol. The Morgan fingerprint density at radius 1 is 0.714 bits per heavy atom. The number of nitrogens with zero attached hydrogens (tertiary/aromatic N) is 2. The van der Waals surface area contributed by atoms with E-state index in [4.69, 9.17) is 0 Å². The van der Waals surface area contributed by atoms with Crippen molar-refractivity contribution in [3.63, 3.8) is 0 Å². The number of amides is 2. The summed E-state index contributed by atoms with van der Waals surface area (Å²) in [5.41, 5.74) is -2.92. The molecule has 2 aromatic heterocycles. The van der Waals surface area contributed by atoms with E-state index >= 15 is 0 Å². The number of nitrogens with one attached hydrogen (secondary N) is 2. The van der Waals surface area contributed by atoms with Crippen LogP contribution in [0.5, 0.6) is 0 Å². The van der Waals surface area contributed by atoms with Crippen LogP contribution in [0.15, 0.2) is 95.0 Å². The molecule has 0 atom stereocenters. The van der Waals surface area contributed by atoms with E-state index in [9.17, 15) is 37.1 Å². The van der Waals surface area contributed by atoms with E-state index in [0.717, 1.165) is 25.1 Å². The summed E-state index contributed by atoms with van der Waals surface area (Å²) in [6.45, 7) is 0.217. The maximum absolute atomic E-state index is 13.3. The summed E-state index contributed by atoms with van der Waals surface area (Å²) in [5, 5.41) is 3.80. The standard InChI is InChI=1S/C29H23F3N4O6/c1-42-27(40)21-15-36(13-19-10-6-3-7-11-19)16-22(25(21)38)33-26(39)20-14-35(12-18-8-4-2-5-9-18)17-23(24(20)37)34-28(41)29(30,31)32/h2-11,14-17H,12-13H2,1H3,(H,33,39)(H,34,41). The maximum Gasteiger partial charge on any atom is 0.471 e. The number of ether oxygens (including phenoxy) is 1. The average molecular weight is 581 g/mol. The molecule has 0 spiro atoms. The third kappa shape index (κ3) is 6.99. The van der Waals surface area contributed by atoms with Crippen molar-refractivity contribution in [1.29, 1.82) is 0 Å². The number of hydrogen-bond donors (Lipinski definition) is 2. The zero-order chi connectivity index (χ0) is 30.4. The summed E-state index contributed by atoms with van der Waals surface area (Å²) in [5.74, 6) is -4.53. The number of carbonyl (C=O) groups excluding carboxylic acids is 3. The van der Waals surface area contributed by atoms with Crippen molar-refractivity contribution in [2.24, 2.45) is 0 Å². The minimum atomic E-state index is -5.30. The van der Waals surface area contributed by atoms with Crippen LogP contribution in [0.3, 0.4) is 0 Å². The molecule has 0 bridgehead atoms. The Labute approximate surface area is 236 Å². The molecule has 0 radical (unpaired) electrons. The molecule has 2 heterocycles. The molecule has 4 aromatic rings. The van der Waals surface area contributed by atoms with Crippen LogP contribution < -0.4 is 21.5 Å². The van der Waals surface area contributed by atoms with Crippen molar-refractivity contribution in [2.45, 2.75) is 19.3 Å². The van der Waals surface area contributed by atoms with E-state index in [1.165, 1.54) is 26.8 Å². The first-order chi connectivity index (χ1) is 20.0. The highest BCUT2D eigenvalue weighted by Gasteiger charge is 2.39. The lowest BCUT2D eigenvalue weighted by atomic mass is 10.1. The van der Waals surface area contributed by atoms with Gasteiger partial charge in [-0.1, -0.05) is 60.7 Å². The molecular formula is C29H23F3N4O6. The quantitative estimate of drug-likeness (QED) is 0.306. The Bertz CT molecular complexity index is 1750. The fraction of sp³-hybridized carbons (Fsp3) is 0.138. The van der Waals surface area contributed by atoms with Crippen LogP contribution in [0, 0.1) is 0 Å². The number of pyridine rings is 2. The Morgan fingerprint density at radius 2 is 1.17 bits per heavy atom. The molecule has 0 aliphatic carbocycles. The molecule has 0 saturated carbocycles. The smallest absolute Gasteiger partial charge is 0.465 e. The fourth-order valence-electron chi connectivity index (χ4n) is 4.01. The number of carbonyl (C=O) groups is 3. The minimum absolute atomic E-state index is 0.0258. The van der Waals surface area contributed by atoms with Crippen LogP contribution in [0.4, 0.5) is 24.5 Å². The molecule has 4 rings (SSSR count). The topological polar surface area (TPSA) is 128 Å². The van der Waals surface area contributed by atoms with Gasteiger partial charge < -0.3 is 24.5 Å². The largest absolute Gasteiger partial charge is 0.471 e. The van der Waals surface area contributed by atoms with Gasteiger partial charge in [0, 0.05) is 37.9 Å². The average Bonchev–Trinajstić information content (AvgIpc) is 2.96. The summed E-state index contributed by atoms with van der Waals surface area (Å²) < 4.78 is 46.3. The van der Waals surface area contributed by atoms with Crippen LogP contribution in [-0.2, 0) is 22.6 Å². The molecule has 0 aliphatic rings. The number of methoxy groups -OCH3 is 1. The van der Waals surface area contributed by atoms with Gasteiger partial charge >= 0.3 is 18.1 Å². The lowest BCUT2D eigenvalue weighted by Gasteiger charge is -2.15. The van der Waals surface area contributed by atoms with Gasteiger partial charge in [0.15, 0.2) is 0 Å². The fourth-order valence-corrected chi connectivity index (χ4v) is 4.01. The van der Waals surface area contributed by atoms with Crippen LogP contribution in [0.2, 0.25) is 0 Å². The van der Waals surface area contributed by atoms with Crippen molar-refractivity contribution in [3.8, 4) is 0 Å². The molecule has 13 heteroatoms. The molecule has 42 heavy (non-hydrogen) atoms. The maximum atomic E-state index is 13.3. The highest BCUT2D eigenvalue weighted by molar-refractivity contribution is 6.05. The number of benzene rings is 2. The van der Waals surface area contributed by atoms with E-state index < -0.39 is 57.3 Å². The van der Waals surface area contributed by atoms with E-state index in [1.807, 2.05) is 0 Å². The van der Waals surface area contributed by atoms with Crippen molar-refractivity contribution in [2.75, 3.05) is 17.7 Å². The highest BCUT2D eigenvalue weighted by atomic mass is 19.4. The van der Waals surface area contributed by atoms with Gasteiger partial charge in [0.05, 0.1) is 7.11 Å². The zero-order valence-corrected chi connectivity index (χ0v) is 22.0. The van der Waals surface area contributed by atoms with Crippen molar-refractivity contribution in [1.82, 2.24) is 9.13 Å². The van der Waals surface area contributed by atoms with Crippen molar-refractivity contribution < 1.29 is 32.3 Å². The lowest BCUT2D eigenvalue weighted by molar-refractivity contribution is -0.167. The lowest BCUT2D eigenvalue weighted by Crippen LogP contribution is -2.34. The number of rotatable bonds is 8. The number of aromatic nitrogens is 2. The molecular weight excluding hydrogens is 557 g/mol. The predicted molar refractivity (Wildman–Crippen MR) is 146 cm³/mol. The zero-order valence-electron chi connectivity index (χ0n) is 22.0. The first-order valence-corrected chi connectivity index (χ1v) is 12.3. The summed E-state index contributed by atoms with van der Waals surface area (Å²) in [6, 6.07) is 17.6. The van der Waals surface area contributed by atoms with Crippen LogP contribution in [0.25, 0.3) is 0 Å². The van der Waals surface area contributed by atoms with E-state index in [1.54, 1.807) is 60.7 Å². The molecule has 2 amide bonds. The summed E-state index contributed by atoms with van der Waals surface area (Å²) >= 11 is 0. The van der Waals surface area contributed by atoms with Crippen LogP contribution >= 0.6 is 0 Å². The molecule has 216 valence electrons. The van der Waals surface area contributed by atoms with Gasteiger partial charge in [-0.15, -0.1) is 0 Å². The van der Waals surface area contributed by atoms with Gasteiger partial charge in [-0.3, -0.25) is 19.2 Å². The minimum Gasteiger partial charge on any atom is -0.465 e. The first-order valence-electron chi connectivity index (χ1n) is 12.3. The third-order valence-corrected chi connectivity index (χ3v) is 5.98. The summed E-state index contributed by atoms with van der Waals surface area (Å²) in [7, 11) is 1.07. The number of alkyl halides is 3. The normalized spacial score (nSPS) is 11.0. The Balaban J connectivity index is 1.76. The van der Waals surface area contributed by atoms with Gasteiger partial charge in [0.2, 0.25) is 10.9 Å². The van der Waals surface area contributed by atoms with E-state index in [-0.39, 0.29) is 13.1 Å². The van der Waals surface area contributed by atoms with Gasteiger partial charge in [-0.2, -0.15) is 13.2 Å². The molecule has 10 nitrogen and oxygen atoms in total. The van der Waals surface area contributed by atoms with Crippen molar-refractivity contribution in [3.05, 3.63) is 128 Å². The van der Waals surface area contributed by atoms with E-state index in [0.29, 0.717) is 5.56 Å². The Hall–Kier alpha value is -5.46. The molecule has 0 saturated heterocycles. The first kappa shape index (κ1) is 29.5. The third-order valence-electron chi connectivity index (χ3n) is 5.98. The molecule has 0 fully saturated rings. The van der Waals surface area contributed by atoms with Crippen LogP contribution in [-0.4, -0.2) is 40.2 Å². The number of esters is 1. The number of hydrogen-bond acceptors (Lipinski definition) is 6. The van der Waals surface area contributed by atoms with Gasteiger partial charge in [-0.05, 0) is 11.1 Å². The molecule has 0 aliphatic heterocycles. The molecule has 0 unspecified atom stereocenters.